The third-order valence-electron chi connectivity index (χ3n) is 1.01. The van der Waals surface area contributed by atoms with Gasteiger partial charge < -0.3 is 10.2 Å². The van der Waals surface area contributed by atoms with Gasteiger partial charge in [-0.2, -0.15) is 0 Å². The highest BCUT2D eigenvalue weighted by Gasteiger charge is 1.98. The fraction of sp³-hybridized carbons (Fsp3) is 0.500. The number of rotatable bonds is 2. The summed E-state index contributed by atoms with van der Waals surface area (Å²) in [5.74, 6) is 0. The van der Waals surface area contributed by atoms with Crippen molar-refractivity contribution in [2.24, 2.45) is 5.73 Å². The van der Waals surface area contributed by atoms with Crippen molar-refractivity contribution in [1.82, 2.24) is 4.98 Å². The molecular weight excluding hydrogens is 116 g/mol. The van der Waals surface area contributed by atoms with Crippen molar-refractivity contribution < 1.29 is 4.42 Å². The van der Waals surface area contributed by atoms with Crippen LogP contribution >= 0.6 is 0 Å². The lowest BCUT2D eigenvalue weighted by molar-refractivity contribution is 0.555. The third kappa shape index (κ3) is 1.85. The molecule has 1 atom stereocenters. The molecule has 0 fully saturated rings. The second-order valence-corrected chi connectivity index (χ2v) is 2.16. The Morgan fingerprint density at radius 2 is 2.67 bits per heavy atom. The van der Waals surface area contributed by atoms with E-state index in [2.05, 4.69) is 4.98 Å². The van der Waals surface area contributed by atoms with Crippen LogP contribution in [0.2, 0.25) is 0 Å². The zero-order valence-corrected chi connectivity index (χ0v) is 5.37. The van der Waals surface area contributed by atoms with E-state index in [0.29, 0.717) is 0 Å². The summed E-state index contributed by atoms with van der Waals surface area (Å²) in [5, 5.41) is 0. The van der Waals surface area contributed by atoms with Crippen LogP contribution in [-0.2, 0) is 6.42 Å². The lowest BCUT2D eigenvalue weighted by Crippen LogP contribution is -2.17. The summed E-state index contributed by atoms with van der Waals surface area (Å²) in [7, 11) is 0. The SMILES string of the molecule is CC(N)Cc1cocn1. The Morgan fingerprint density at radius 1 is 1.89 bits per heavy atom. The van der Waals surface area contributed by atoms with Crippen LogP contribution in [-0.4, -0.2) is 11.0 Å². The van der Waals surface area contributed by atoms with E-state index in [1.807, 2.05) is 6.92 Å². The number of nitrogens with two attached hydrogens (primary N) is 1. The van der Waals surface area contributed by atoms with Crippen LogP contribution in [0, 0.1) is 0 Å². The minimum atomic E-state index is 0.162. The quantitative estimate of drug-likeness (QED) is 0.630. The van der Waals surface area contributed by atoms with E-state index in [0.717, 1.165) is 12.1 Å². The van der Waals surface area contributed by atoms with Gasteiger partial charge in [-0.1, -0.05) is 0 Å². The lowest BCUT2D eigenvalue weighted by Gasteiger charge is -1.97. The van der Waals surface area contributed by atoms with Gasteiger partial charge in [0.1, 0.15) is 6.26 Å². The molecule has 0 radical (unpaired) electrons. The summed E-state index contributed by atoms with van der Waals surface area (Å²) in [6.45, 7) is 1.94. The normalized spacial score (nSPS) is 13.6. The summed E-state index contributed by atoms with van der Waals surface area (Å²) in [4.78, 5) is 3.91. The predicted molar refractivity (Wildman–Crippen MR) is 33.9 cm³/mol. The second kappa shape index (κ2) is 2.64. The van der Waals surface area contributed by atoms with Crippen molar-refractivity contribution in [2.45, 2.75) is 19.4 Å². The van der Waals surface area contributed by atoms with E-state index in [1.54, 1.807) is 6.26 Å². The molecule has 9 heavy (non-hydrogen) atoms. The van der Waals surface area contributed by atoms with Gasteiger partial charge in [0.25, 0.3) is 0 Å². The van der Waals surface area contributed by atoms with Gasteiger partial charge in [-0.3, -0.25) is 0 Å². The molecule has 0 aliphatic carbocycles. The lowest BCUT2D eigenvalue weighted by atomic mass is 10.2. The molecule has 1 aromatic rings. The summed E-state index contributed by atoms with van der Waals surface area (Å²) in [6.07, 6.45) is 3.82. The number of hydrogen-bond donors (Lipinski definition) is 1. The largest absolute Gasteiger partial charge is 0.451 e. The maximum Gasteiger partial charge on any atom is 0.180 e. The van der Waals surface area contributed by atoms with Gasteiger partial charge in [0.15, 0.2) is 6.39 Å². The first kappa shape index (κ1) is 6.29. The Morgan fingerprint density at radius 3 is 3.11 bits per heavy atom. The monoisotopic (exact) mass is 126 g/mol. The van der Waals surface area contributed by atoms with Crippen LogP contribution in [0.3, 0.4) is 0 Å². The molecule has 1 aromatic heterocycles. The molecule has 1 unspecified atom stereocenters. The maximum atomic E-state index is 5.50. The molecule has 0 aliphatic rings. The van der Waals surface area contributed by atoms with Gasteiger partial charge in [0.05, 0.1) is 5.69 Å². The maximum absolute atomic E-state index is 5.50. The molecule has 1 rings (SSSR count). The zero-order chi connectivity index (χ0) is 6.69. The van der Waals surface area contributed by atoms with Crippen LogP contribution in [0.25, 0.3) is 0 Å². The molecule has 0 saturated heterocycles. The van der Waals surface area contributed by atoms with E-state index in [9.17, 15) is 0 Å². The molecule has 0 aromatic carbocycles. The summed E-state index contributed by atoms with van der Waals surface area (Å²) in [5.41, 5.74) is 6.42. The average molecular weight is 126 g/mol. The van der Waals surface area contributed by atoms with Crippen LogP contribution < -0.4 is 5.73 Å². The third-order valence-corrected chi connectivity index (χ3v) is 1.01. The van der Waals surface area contributed by atoms with Crippen molar-refractivity contribution in [3.63, 3.8) is 0 Å². The molecule has 3 nitrogen and oxygen atoms in total. The Labute approximate surface area is 53.9 Å². The first-order valence-electron chi connectivity index (χ1n) is 2.91. The van der Waals surface area contributed by atoms with Crippen LogP contribution in [0.1, 0.15) is 12.6 Å². The van der Waals surface area contributed by atoms with Crippen molar-refractivity contribution in [3.8, 4) is 0 Å². The molecule has 0 amide bonds. The number of nitrogens with zero attached hydrogens (tertiary/aromatic N) is 1. The van der Waals surface area contributed by atoms with Crippen LogP contribution in [0.5, 0.6) is 0 Å². The van der Waals surface area contributed by atoms with Crippen LogP contribution in [0.4, 0.5) is 0 Å². The predicted octanol–water partition coefficient (Wildman–Crippen LogP) is 0.564. The highest BCUT2D eigenvalue weighted by atomic mass is 16.3. The molecule has 0 saturated carbocycles. The number of aromatic nitrogens is 1. The highest BCUT2D eigenvalue weighted by molar-refractivity contribution is 4.92. The molecule has 0 spiro atoms. The molecule has 3 heteroatoms. The van der Waals surface area contributed by atoms with E-state index in [-0.39, 0.29) is 6.04 Å². The fourth-order valence-corrected chi connectivity index (χ4v) is 0.668. The minimum Gasteiger partial charge on any atom is -0.451 e. The van der Waals surface area contributed by atoms with E-state index >= 15 is 0 Å². The van der Waals surface area contributed by atoms with Crippen molar-refractivity contribution in [1.29, 1.82) is 0 Å². The summed E-state index contributed by atoms with van der Waals surface area (Å²) >= 11 is 0. The summed E-state index contributed by atoms with van der Waals surface area (Å²) in [6, 6.07) is 0.162. The smallest absolute Gasteiger partial charge is 0.180 e. The highest BCUT2D eigenvalue weighted by Crippen LogP contribution is 1.96. The van der Waals surface area contributed by atoms with Crippen molar-refractivity contribution >= 4 is 0 Å². The van der Waals surface area contributed by atoms with Gasteiger partial charge in [0, 0.05) is 12.5 Å². The van der Waals surface area contributed by atoms with Gasteiger partial charge in [-0.05, 0) is 6.92 Å². The van der Waals surface area contributed by atoms with E-state index in [4.69, 9.17) is 10.2 Å². The van der Waals surface area contributed by atoms with Crippen molar-refractivity contribution in [3.05, 3.63) is 18.4 Å². The molecular formula is C6H10N2O. The standard InChI is InChI=1S/C6H10N2O/c1-5(7)2-6-3-9-4-8-6/h3-5H,2,7H2,1H3. The van der Waals surface area contributed by atoms with Gasteiger partial charge in [-0.15, -0.1) is 0 Å². The number of hydrogen-bond acceptors (Lipinski definition) is 3. The zero-order valence-electron chi connectivity index (χ0n) is 5.37. The van der Waals surface area contributed by atoms with Gasteiger partial charge >= 0.3 is 0 Å². The van der Waals surface area contributed by atoms with Gasteiger partial charge in [0.2, 0.25) is 0 Å². The Bertz CT molecular complexity index is 158. The molecule has 1 heterocycles. The van der Waals surface area contributed by atoms with Gasteiger partial charge in [-0.25, -0.2) is 4.98 Å². The topological polar surface area (TPSA) is 52.0 Å². The number of oxazole rings is 1. The molecule has 0 bridgehead atoms. The van der Waals surface area contributed by atoms with E-state index < -0.39 is 0 Å². The Hall–Kier alpha value is -0.830. The fourth-order valence-electron chi connectivity index (χ4n) is 0.668. The first-order chi connectivity index (χ1) is 4.29. The molecule has 50 valence electrons. The summed E-state index contributed by atoms with van der Waals surface area (Å²) < 4.78 is 4.75. The Balaban J connectivity index is 2.48. The average Bonchev–Trinajstić information content (AvgIpc) is 2.15. The molecule has 0 aliphatic heterocycles. The Kier molecular flexibility index (Phi) is 1.85. The first-order valence-corrected chi connectivity index (χ1v) is 2.91. The van der Waals surface area contributed by atoms with E-state index in [1.165, 1.54) is 6.39 Å². The van der Waals surface area contributed by atoms with Crippen LogP contribution in [0.15, 0.2) is 17.1 Å². The second-order valence-electron chi connectivity index (χ2n) is 2.16. The minimum absolute atomic E-state index is 0.162. The van der Waals surface area contributed by atoms with Crippen molar-refractivity contribution in [2.75, 3.05) is 0 Å². The molecule has 2 N–H and O–H groups in total.